The molecule has 1 N–H and O–H groups in total. The lowest BCUT2D eigenvalue weighted by Crippen LogP contribution is -2.20. The molecule has 0 aromatic carbocycles. The lowest BCUT2D eigenvalue weighted by Gasteiger charge is -2.17. The van der Waals surface area contributed by atoms with Gasteiger partial charge in [-0.1, -0.05) is 71.6 Å². The summed E-state index contributed by atoms with van der Waals surface area (Å²) in [5.74, 6) is 0. The van der Waals surface area contributed by atoms with Crippen molar-refractivity contribution in [3.05, 3.63) is 21.9 Å². The van der Waals surface area contributed by atoms with E-state index in [0.29, 0.717) is 6.04 Å². The second-order valence-corrected chi connectivity index (χ2v) is 7.14. The predicted octanol–water partition coefficient (Wildman–Crippen LogP) is 6.63. The Morgan fingerprint density at radius 1 is 0.952 bits per heavy atom. The molecule has 122 valence electrons. The molecule has 1 aromatic rings. The summed E-state index contributed by atoms with van der Waals surface area (Å²) < 4.78 is 0. The van der Waals surface area contributed by atoms with E-state index in [1.165, 1.54) is 69.8 Å². The van der Waals surface area contributed by atoms with Gasteiger partial charge in [-0.15, -0.1) is 11.3 Å². The highest BCUT2D eigenvalue weighted by Gasteiger charge is 2.13. The van der Waals surface area contributed by atoms with Crippen LogP contribution >= 0.6 is 11.3 Å². The second kappa shape index (κ2) is 12.2. The van der Waals surface area contributed by atoms with Crippen LogP contribution in [0.1, 0.15) is 94.5 Å². The lowest BCUT2D eigenvalue weighted by molar-refractivity contribution is 0.478. The zero-order valence-electron chi connectivity index (χ0n) is 14.4. The molecule has 0 fully saturated rings. The van der Waals surface area contributed by atoms with Crippen LogP contribution in [0.3, 0.4) is 0 Å². The third kappa shape index (κ3) is 8.01. The van der Waals surface area contributed by atoms with E-state index in [9.17, 15) is 0 Å². The summed E-state index contributed by atoms with van der Waals surface area (Å²) in [6, 6.07) is 2.83. The Morgan fingerprint density at radius 3 is 2.10 bits per heavy atom. The average Bonchev–Trinajstić information content (AvgIpc) is 2.90. The Hall–Kier alpha value is -0.340. The molecule has 1 aromatic heterocycles. The van der Waals surface area contributed by atoms with Gasteiger partial charge in [0, 0.05) is 10.9 Å². The molecule has 1 unspecified atom stereocenters. The van der Waals surface area contributed by atoms with E-state index < -0.39 is 0 Å². The van der Waals surface area contributed by atoms with E-state index in [1.54, 1.807) is 4.88 Å². The molecular formula is C19H35NS. The van der Waals surface area contributed by atoms with Crippen molar-refractivity contribution in [1.29, 1.82) is 0 Å². The zero-order valence-corrected chi connectivity index (χ0v) is 15.2. The van der Waals surface area contributed by atoms with Gasteiger partial charge < -0.3 is 5.32 Å². The van der Waals surface area contributed by atoms with E-state index >= 15 is 0 Å². The van der Waals surface area contributed by atoms with Crippen LogP contribution < -0.4 is 5.32 Å². The summed E-state index contributed by atoms with van der Waals surface area (Å²) >= 11 is 1.91. The molecule has 1 nitrogen and oxygen atoms in total. The maximum absolute atomic E-state index is 3.66. The fourth-order valence-corrected chi connectivity index (χ4v) is 4.01. The lowest BCUT2D eigenvalue weighted by atomic mass is 10.0. The molecule has 0 aliphatic rings. The monoisotopic (exact) mass is 309 g/mol. The van der Waals surface area contributed by atoms with Crippen molar-refractivity contribution < 1.29 is 0 Å². The highest BCUT2D eigenvalue weighted by atomic mass is 32.1. The summed E-state index contributed by atoms with van der Waals surface area (Å²) in [4.78, 5) is 1.55. The minimum Gasteiger partial charge on any atom is -0.310 e. The van der Waals surface area contributed by atoms with Crippen molar-refractivity contribution in [2.24, 2.45) is 0 Å². The Bertz CT molecular complexity index is 345. The number of rotatable bonds is 13. The molecule has 0 bridgehead atoms. The third-order valence-corrected chi connectivity index (χ3v) is 5.40. The largest absolute Gasteiger partial charge is 0.310 e. The highest BCUT2D eigenvalue weighted by molar-refractivity contribution is 7.10. The van der Waals surface area contributed by atoms with Gasteiger partial charge in [0.25, 0.3) is 0 Å². The molecule has 1 heterocycles. The smallest absolute Gasteiger partial charge is 0.0417 e. The van der Waals surface area contributed by atoms with Gasteiger partial charge in [-0.2, -0.15) is 0 Å². The number of hydrogen-bond donors (Lipinski definition) is 1. The number of hydrogen-bond acceptors (Lipinski definition) is 2. The maximum Gasteiger partial charge on any atom is 0.0417 e. The quantitative estimate of drug-likeness (QED) is 0.403. The normalized spacial score (nSPS) is 12.7. The highest BCUT2D eigenvalue weighted by Crippen LogP contribution is 2.28. The van der Waals surface area contributed by atoms with Gasteiger partial charge in [0.2, 0.25) is 0 Å². The van der Waals surface area contributed by atoms with Crippen molar-refractivity contribution in [2.45, 2.75) is 91.0 Å². The first-order valence-electron chi connectivity index (χ1n) is 9.07. The van der Waals surface area contributed by atoms with Crippen molar-refractivity contribution in [1.82, 2.24) is 5.32 Å². The maximum atomic E-state index is 3.66. The van der Waals surface area contributed by atoms with E-state index in [2.05, 4.69) is 37.5 Å². The molecule has 2 heteroatoms. The average molecular weight is 310 g/mol. The SMILES string of the molecule is CCCCCCCCCCCC(NCC)c1sccc1C. The first kappa shape index (κ1) is 18.7. The number of aryl methyl sites for hydroxylation is 1. The molecule has 0 aliphatic heterocycles. The zero-order chi connectivity index (χ0) is 15.3. The summed E-state index contributed by atoms with van der Waals surface area (Å²) in [5.41, 5.74) is 1.46. The molecule has 0 saturated heterocycles. The summed E-state index contributed by atoms with van der Waals surface area (Å²) in [6.45, 7) is 7.81. The number of unbranched alkanes of at least 4 members (excludes halogenated alkanes) is 8. The van der Waals surface area contributed by atoms with E-state index in [-0.39, 0.29) is 0 Å². The Balaban J connectivity index is 2.10. The molecule has 1 atom stereocenters. The molecule has 0 amide bonds. The molecule has 21 heavy (non-hydrogen) atoms. The summed E-state index contributed by atoms with van der Waals surface area (Å²) in [6.07, 6.45) is 14.0. The Morgan fingerprint density at radius 2 is 1.57 bits per heavy atom. The van der Waals surface area contributed by atoms with Gasteiger partial charge in [0.05, 0.1) is 0 Å². The van der Waals surface area contributed by atoms with Crippen molar-refractivity contribution in [2.75, 3.05) is 6.54 Å². The molecule has 0 aliphatic carbocycles. The van der Waals surface area contributed by atoms with Gasteiger partial charge in [0.1, 0.15) is 0 Å². The van der Waals surface area contributed by atoms with Crippen LogP contribution in [-0.4, -0.2) is 6.54 Å². The van der Waals surface area contributed by atoms with Crippen molar-refractivity contribution in [3.8, 4) is 0 Å². The molecule has 0 spiro atoms. The van der Waals surface area contributed by atoms with Gasteiger partial charge >= 0.3 is 0 Å². The molecular weight excluding hydrogens is 274 g/mol. The first-order chi connectivity index (χ1) is 10.3. The van der Waals surface area contributed by atoms with Crippen LogP contribution in [-0.2, 0) is 0 Å². The van der Waals surface area contributed by atoms with Gasteiger partial charge in [0.15, 0.2) is 0 Å². The number of thiophene rings is 1. The predicted molar refractivity (Wildman–Crippen MR) is 97.3 cm³/mol. The van der Waals surface area contributed by atoms with E-state index in [0.717, 1.165) is 6.54 Å². The van der Waals surface area contributed by atoms with Crippen LogP contribution in [0.4, 0.5) is 0 Å². The van der Waals surface area contributed by atoms with Crippen LogP contribution in [0.15, 0.2) is 11.4 Å². The molecule has 1 rings (SSSR count). The Labute approximate surface area is 136 Å². The van der Waals surface area contributed by atoms with Gasteiger partial charge in [-0.25, -0.2) is 0 Å². The van der Waals surface area contributed by atoms with Crippen LogP contribution in [0, 0.1) is 6.92 Å². The first-order valence-corrected chi connectivity index (χ1v) is 9.94. The fraction of sp³-hybridized carbons (Fsp3) is 0.789. The Kier molecular flexibility index (Phi) is 10.9. The summed E-state index contributed by atoms with van der Waals surface area (Å²) in [5, 5.41) is 5.89. The minimum absolute atomic E-state index is 0.583. The molecule has 0 radical (unpaired) electrons. The van der Waals surface area contributed by atoms with Gasteiger partial charge in [-0.05, 0) is 36.9 Å². The standard InChI is InChI=1S/C19H35NS/c1-4-6-7-8-9-10-11-12-13-14-18(20-5-2)19-17(3)15-16-21-19/h15-16,18,20H,4-14H2,1-3H3. The van der Waals surface area contributed by atoms with E-state index in [1.807, 2.05) is 11.3 Å². The van der Waals surface area contributed by atoms with Gasteiger partial charge in [-0.3, -0.25) is 0 Å². The fourth-order valence-electron chi connectivity index (χ4n) is 2.97. The van der Waals surface area contributed by atoms with Crippen molar-refractivity contribution in [3.63, 3.8) is 0 Å². The topological polar surface area (TPSA) is 12.0 Å². The van der Waals surface area contributed by atoms with Crippen LogP contribution in [0.2, 0.25) is 0 Å². The van der Waals surface area contributed by atoms with E-state index in [4.69, 9.17) is 0 Å². The summed E-state index contributed by atoms with van der Waals surface area (Å²) in [7, 11) is 0. The van der Waals surface area contributed by atoms with Crippen LogP contribution in [0.5, 0.6) is 0 Å². The third-order valence-electron chi connectivity index (χ3n) is 4.27. The van der Waals surface area contributed by atoms with Crippen LogP contribution in [0.25, 0.3) is 0 Å². The number of nitrogens with one attached hydrogen (secondary N) is 1. The second-order valence-electron chi connectivity index (χ2n) is 6.20. The molecule has 0 saturated carbocycles. The minimum atomic E-state index is 0.583. The van der Waals surface area contributed by atoms with Crippen molar-refractivity contribution >= 4 is 11.3 Å².